The lowest BCUT2D eigenvalue weighted by atomic mass is 10.4. The molecule has 0 aliphatic heterocycles. The van der Waals surface area contributed by atoms with E-state index in [0.717, 1.165) is 4.89 Å². The van der Waals surface area contributed by atoms with Crippen molar-refractivity contribution >= 4 is 15.2 Å². The number of amidine groups is 1. The minimum Gasteiger partial charge on any atom is -0.373 e. The van der Waals surface area contributed by atoms with Gasteiger partial charge in [0.1, 0.15) is 0 Å². The summed E-state index contributed by atoms with van der Waals surface area (Å²) in [5, 5.41) is 7.47. The molecule has 0 spiro atoms. The first-order valence-corrected chi connectivity index (χ1v) is 4.59. The molecule has 4 N–H and O–H groups in total. The van der Waals surface area contributed by atoms with Gasteiger partial charge < -0.3 is 10.9 Å². The highest BCUT2D eigenvalue weighted by atomic mass is 32.2. The first-order chi connectivity index (χ1) is 5.54. The van der Waals surface area contributed by atoms with Crippen LogP contribution >= 0.6 is 0 Å². The second-order valence-electron chi connectivity index (χ2n) is 1.89. The Hall–Kier alpha value is -0.920. The monoisotopic (exact) mass is 193 g/mol. The Morgan fingerprint density at radius 1 is 1.75 bits per heavy atom. The van der Waals surface area contributed by atoms with Gasteiger partial charge in [0.15, 0.2) is 0 Å². The van der Waals surface area contributed by atoms with Crippen LogP contribution in [0.25, 0.3) is 0 Å². The molecule has 0 rings (SSSR count). The minimum atomic E-state index is -3.98. The van der Waals surface area contributed by atoms with Crippen LogP contribution in [-0.4, -0.2) is 25.3 Å². The molecular formula is C5H11N3O3S. The molecule has 70 valence electrons. The van der Waals surface area contributed by atoms with Gasteiger partial charge in [0.2, 0.25) is 5.17 Å². The molecule has 0 aromatic heterocycles. The number of hydrogen-bond acceptors (Lipinski definition) is 4. The normalized spacial score (nSPS) is 12.9. The number of nitrogens with one attached hydrogen (secondary N) is 1. The van der Waals surface area contributed by atoms with Crippen LogP contribution < -0.4 is 10.6 Å². The van der Waals surface area contributed by atoms with Crippen LogP contribution in [0.3, 0.4) is 0 Å². The van der Waals surface area contributed by atoms with E-state index in [1.165, 1.54) is 0 Å². The van der Waals surface area contributed by atoms with E-state index >= 15 is 0 Å². The van der Waals surface area contributed by atoms with Gasteiger partial charge in [0.05, 0.1) is 0 Å². The van der Waals surface area contributed by atoms with Crippen LogP contribution in [0.2, 0.25) is 0 Å². The van der Waals surface area contributed by atoms with Gasteiger partial charge in [-0.3, -0.25) is 4.99 Å². The summed E-state index contributed by atoms with van der Waals surface area (Å²) in [5.41, 5.74) is 5.01. The number of rotatable bonds is 4. The molecule has 0 bridgehead atoms. The Bertz CT molecular complexity index is 270. The van der Waals surface area contributed by atoms with Crippen molar-refractivity contribution in [1.82, 2.24) is 4.89 Å². The molecule has 0 amide bonds. The molecule has 12 heavy (non-hydrogen) atoms. The van der Waals surface area contributed by atoms with E-state index in [2.05, 4.69) is 11.6 Å². The van der Waals surface area contributed by atoms with E-state index in [-0.39, 0.29) is 6.54 Å². The second-order valence-corrected chi connectivity index (χ2v) is 3.50. The standard InChI is InChI=1S/C5H11N3O3S/c1-2-3-4-7-5(6)12(10,11)8-9/h2,8-9H,1,3-4H2,(H2,6,7). The molecule has 7 heteroatoms. The average molecular weight is 193 g/mol. The highest BCUT2D eigenvalue weighted by molar-refractivity contribution is 8.04. The zero-order valence-electron chi connectivity index (χ0n) is 6.40. The Labute approximate surface area is 70.8 Å². The third kappa shape index (κ3) is 3.46. The van der Waals surface area contributed by atoms with Gasteiger partial charge in [-0.25, -0.2) is 8.42 Å². The van der Waals surface area contributed by atoms with Gasteiger partial charge in [-0.15, -0.1) is 6.58 Å². The number of nitrogens with zero attached hydrogens (tertiary/aromatic N) is 1. The predicted molar refractivity (Wildman–Crippen MR) is 45.1 cm³/mol. The molecule has 0 saturated carbocycles. The van der Waals surface area contributed by atoms with Crippen LogP contribution in [0.5, 0.6) is 0 Å². The summed E-state index contributed by atoms with van der Waals surface area (Å²) in [5.74, 6) is 0. The Kier molecular flexibility index (Phi) is 4.49. The molecule has 0 atom stereocenters. The van der Waals surface area contributed by atoms with Gasteiger partial charge >= 0.3 is 0 Å². The smallest absolute Gasteiger partial charge is 0.295 e. The van der Waals surface area contributed by atoms with Crippen LogP contribution in [0.15, 0.2) is 17.6 Å². The SMILES string of the molecule is C=CCCN=C(N)S(=O)(=O)NO. The van der Waals surface area contributed by atoms with Crippen molar-refractivity contribution in [2.45, 2.75) is 6.42 Å². The van der Waals surface area contributed by atoms with Gasteiger partial charge in [0, 0.05) is 6.54 Å². The average Bonchev–Trinajstić information content (AvgIpc) is 2.05. The van der Waals surface area contributed by atoms with Gasteiger partial charge in [0.25, 0.3) is 10.0 Å². The maximum atomic E-state index is 10.7. The summed E-state index contributed by atoms with van der Waals surface area (Å²) in [4.78, 5) is 4.53. The lowest BCUT2D eigenvalue weighted by Gasteiger charge is -1.98. The number of nitrogens with two attached hydrogens (primary N) is 1. The molecule has 0 heterocycles. The molecule has 6 nitrogen and oxygen atoms in total. The largest absolute Gasteiger partial charge is 0.373 e. The Morgan fingerprint density at radius 2 is 2.33 bits per heavy atom. The number of sulfonamides is 1. The molecule has 0 radical (unpaired) electrons. The van der Waals surface area contributed by atoms with Crippen LogP contribution in [-0.2, 0) is 10.0 Å². The Balaban J connectivity index is 4.28. The highest BCUT2D eigenvalue weighted by Crippen LogP contribution is 1.86. The van der Waals surface area contributed by atoms with Crippen molar-refractivity contribution in [2.75, 3.05) is 6.54 Å². The predicted octanol–water partition coefficient (Wildman–Crippen LogP) is -0.814. The van der Waals surface area contributed by atoms with Gasteiger partial charge in [-0.05, 0) is 6.42 Å². The summed E-state index contributed by atoms with van der Waals surface area (Å²) in [6.07, 6.45) is 2.11. The number of hydrogen-bond donors (Lipinski definition) is 3. The van der Waals surface area contributed by atoms with Crippen molar-refractivity contribution in [2.24, 2.45) is 10.7 Å². The van der Waals surface area contributed by atoms with E-state index in [4.69, 9.17) is 10.9 Å². The fraction of sp³-hybridized carbons (Fsp3) is 0.400. The van der Waals surface area contributed by atoms with Crippen molar-refractivity contribution in [3.05, 3.63) is 12.7 Å². The molecular weight excluding hydrogens is 182 g/mol. The molecule has 0 aromatic carbocycles. The third-order valence-corrected chi connectivity index (χ3v) is 1.92. The lowest BCUT2D eigenvalue weighted by molar-refractivity contribution is 0.245. The zero-order chi connectivity index (χ0) is 9.61. The van der Waals surface area contributed by atoms with Crippen molar-refractivity contribution in [3.63, 3.8) is 0 Å². The van der Waals surface area contributed by atoms with Crippen LogP contribution in [0.4, 0.5) is 0 Å². The van der Waals surface area contributed by atoms with Crippen molar-refractivity contribution < 1.29 is 13.6 Å². The van der Waals surface area contributed by atoms with E-state index in [9.17, 15) is 8.42 Å². The molecule has 0 aliphatic rings. The zero-order valence-corrected chi connectivity index (χ0v) is 7.21. The summed E-state index contributed by atoms with van der Waals surface area (Å²) in [6, 6.07) is 0. The highest BCUT2D eigenvalue weighted by Gasteiger charge is 2.12. The quantitative estimate of drug-likeness (QED) is 0.178. The fourth-order valence-corrected chi connectivity index (χ4v) is 0.753. The van der Waals surface area contributed by atoms with E-state index in [1.54, 1.807) is 6.08 Å². The van der Waals surface area contributed by atoms with Crippen molar-refractivity contribution in [1.29, 1.82) is 0 Å². The first-order valence-electron chi connectivity index (χ1n) is 3.11. The van der Waals surface area contributed by atoms with E-state index in [0.29, 0.717) is 6.42 Å². The summed E-state index contributed by atoms with van der Waals surface area (Å²) >= 11 is 0. The van der Waals surface area contributed by atoms with Crippen LogP contribution in [0.1, 0.15) is 6.42 Å². The van der Waals surface area contributed by atoms with Crippen LogP contribution in [0, 0.1) is 0 Å². The number of aliphatic imine (C=N–C) groups is 1. The van der Waals surface area contributed by atoms with Crippen molar-refractivity contribution in [3.8, 4) is 0 Å². The first kappa shape index (κ1) is 11.1. The van der Waals surface area contributed by atoms with Gasteiger partial charge in [-0.2, -0.15) is 0 Å². The van der Waals surface area contributed by atoms with Gasteiger partial charge in [-0.1, -0.05) is 11.0 Å². The lowest BCUT2D eigenvalue weighted by Crippen LogP contribution is -2.34. The summed E-state index contributed by atoms with van der Waals surface area (Å²) < 4.78 is 21.3. The second kappa shape index (κ2) is 4.86. The molecule has 0 aromatic rings. The van der Waals surface area contributed by atoms with E-state index in [1.807, 2.05) is 0 Å². The molecule has 0 fully saturated rings. The summed E-state index contributed by atoms with van der Waals surface area (Å²) in [7, 11) is -3.98. The Morgan fingerprint density at radius 3 is 2.75 bits per heavy atom. The fourth-order valence-electron chi connectivity index (χ4n) is 0.398. The third-order valence-electron chi connectivity index (χ3n) is 0.996. The maximum absolute atomic E-state index is 10.7. The summed E-state index contributed by atoms with van der Waals surface area (Å²) in [6.45, 7) is 3.65. The minimum absolute atomic E-state index is 0.232. The molecule has 0 unspecified atom stereocenters. The maximum Gasteiger partial charge on any atom is 0.295 e. The van der Waals surface area contributed by atoms with E-state index < -0.39 is 15.2 Å². The molecule has 0 aliphatic carbocycles. The molecule has 0 saturated heterocycles. The topological polar surface area (TPSA) is 105 Å².